The number of benzene rings is 1. The lowest BCUT2D eigenvalue weighted by Crippen LogP contribution is -2.38. The van der Waals surface area contributed by atoms with E-state index in [1.54, 1.807) is 18.4 Å². The van der Waals surface area contributed by atoms with E-state index in [0.717, 1.165) is 28.8 Å². The molecule has 0 fully saturated rings. The molecule has 0 saturated carbocycles. The lowest BCUT2D eigenvalue weighted by molar-refractivity contribution is 0.477. The number of hydrogen-bond donors (Lipinski definition) is 1. The average Bonchev–Trinajstić information content (AvgIpc) is 2.88. The van der Waals surface area contributed by atoms with Crippen LogP contribution in [-0.4, -0.2) is 29.9 Å². The largest absolute Gasteiger partial charge is 0.351 e. The maximum Gasteiger partial charge on any atom is 0.193 e. The Bertz CT molecular complexity index is 630. The van der Waals surface area contributed by atoms with E-state index in [4.69, 9.17) is 11.6 Å². The van der Waals surface area contributed by atoms with Crippen LogP contribution < -0.4 is 5.32 Å². The highest BCUT2D eigenvalue weighted by molar-refractivity contribution is 14.0. The molecule has 0 spiro atoms. The number of thiazole rings is 1. The van der Waals surface area contributed by atoms with E-state index in [0.29, 0.717) is 6.54 Å². The molecule has 0 amide bonds. The van der Waals surface area contributed by atoms with Crippen molar-refractivity contribution in [2.75, 3.05) is 14.1 Å². The first-order valence-corrected chi connectivity index (χ1v) is 7.91. The van der Waals surface area contributed by atoms with Crippen LogP contribution in [0.4, 0.5) is 0 Å². The standard InChI is InChI=1S/C15H19ClN4S.HI/c1-11-14(21-10-19-11)8-18-15(17-2)20(3)9-12-6-4-5-7-13(12)16;/h4-7,10H,8-9H2,1-3H3,(H,17,18);1H. The lowest BCUT2D eigenvalue weighted by atomic mass is 10.2. The van der Waals surface area contributed by atoms with Crippen molar-refractivity contribution in [2.24, 2.45) is 4.99 Å². The van der Waals surface area contributed by atoms with Gasteiger partial charge in [0.05, 0.1) is 17.7 Å². The van der Waals surface area contributed by atoms with Gasteiger partial charge in [-0.1, -0.05) is 29.8 Å². The molecule has 2 rings (SSSR count). The van der Waals surface area contributed by atoms with Crippen molar-refractivity contribution >= 4 is 52.9 Å². The zero-order chi connectivity index (χ0) is 15.2. The van der Waals surface area contributed by atoms with Gasteiger partial charge in [0.1, 0.15) is 0 Å². The maximum absolute atomic E-state index is 6.20. The van der Waals surface area contributed by atoms with Crippen LogP contribution in [-0.2, 0) is 13.1 Å². The number of aromatic nitrogens is 1. The van der Waals surface area contributed by atoms with E-state index in [-0.39, 0.29) is 24.0 Å². The summed E-state index contributed by atoms with van der Waals surface area (Å²) >= 11 is 7.85. The van der Waals surface area contributed by atoms with Gasteiger partial charge in [0.2, 0.25) is 0 Å². The Hall–Kier alpha value is -0.860. The van der Waals surface area contributed by atoms with Gasteiger partial charge in [0.25, 0.3) is 0 Å². The quantitative estimate of drug-likeness (QED) is 0.436. The predicted molar refractivity (Wildman–Crippen MR) is 105 cm³/mol. The highest BCUT2D eigenvalue weighted by atomic mass is 127. The second kappa shape index (κ2) is 9.32. The topological polar surface area (TPSA) is 40.5 Å². The molecule has 1 heterocycles. The smallest absolute Gasteiger partial charge is 0.193 e. The summed E-state index contributed by atoms with van der Waals surface area (Å²) in [5.74, 6) is 0.836. The van der Waals surface area contributed by atoms with E-state index < -0.39 is 0 Å². The van der Waals surface area contributed by atoms with Crippen molar-refractivity contribution in [3.05, 3.63) is 50.9 Å². The van der Waals surface area contributed by atoms with Gasteiger partial charge in [-0.2, -0.15) is 0 Å². The van der Waals surface area contributed by atoms with Crippen LogP contribution in [0.1, 0.15) is 16.1 Å². The van der Waals surface area contributed by atoms with E-state index >= 15 is 0 Å². The van der Waals surface area contributed by atoms with Crippen molar-refractivity contribution in [3.8, 4) is 0 Å². The van der Waals surface area contributed by atoms with Crippen molar-refractivity contribution in [1.29, 1.82) is 0 Å². The SMILES string of the molecule is CN=C(NCc1scnc1C)N(C)Cc1ccccc1Cl.I. The van der Waals surface area contributed by atoms with Crippen molar-refractivity contribution in [1.82, 2.24) is 15.2 Å². The van der Waals surface area contributed by atoms with Gasteiger partial charge in [-0.05, 0) is 18.6 Å². The van der Waals surface area contributed by atoms with Crippen LogP contribution in [0.15, 0.2) is 34.8 Å². The van der Waals surface area contributed by atoms with Gasteiger partial charge < -0.3 is 10.2 Å². The first kappa shape index (κ1) is 19.2. The fraction of sp³-hybridized carbons (Fsp3) is 0.333. The third kappa shape index (κ3) is 5.10. The van der Waals surface area contributed by atoms with Gasteiger partial charge in [-0.15, -0.1) is 35.3 Å². The molecule has 2 aromatic rings. The molecule has 0 bridgehead atoms. The van der Waals surface area contributed by atoms with E-state index in [1.165, 1.54) is 4.88 Å². The summed E-state index contributed by atoms with van der Waals surface area (Å²) < 4.78 is 0. The van der Waals surface area contributed by atoms with Crippen LogP contribution in [0.3, 0.4) is 0 Å². The van der Waals surface area contributed by atoms with Gasteiger partial charge in [-0.25, -0.2) is 4.98 Å². The Labute approximate surface area is 157 Å². The highest BCUT2D eigenvalue weighted by Gasteiger charge is 2.09. The molecule has 22 heavy (non-hydrogen) atoms. The molecule has 4 nitrogen and oxygen atoms in total. The summed E-state index contributed by atoms with van der Waals surface area (Å²) in [6.45, 7) is 3.46. The zero-order valence-electron chi connectivity index (χ0n) is 12.8. The monoisotopic (exact) mass is 450 g/mol. The molecule has 7 heteroatoms. The molecular weight excluding hydrogens is 431 g/mol. The number of nitrogens with one attached hydrogen (secondary N) is 1. The number of halogens is 2. The van der Waals surface area contributed by atoms with Gasteiger partial charge >= 0.3 is 0 Å². The number of aliphatic imine (C=N–C) groups is 1. The third-order valence-electron chi connectivity index (χ3n) is 3.19. The Morgan fingerprint density at radius 1 is 1.41 bits per heavy atom. The van der Waals surface area contributed by atoms with Crippen LogP contribution in [0, 0.1) is 6.92 Å². The predicted octanol–water partition coefficient (Wildman–Crippen LogP) is 3.93. The fourth-order valence-corrected chi connectivity index (χ4v) is 2.91. The molecule has 0 unspecified atom stereocenters. The summed E-state index contributed by atoms with van der Waals surface area (Å²) in [7, 11) is 3.78. The molecule has 0 radical (unpaired) electrons. The van der Waals surface area contributed by atoms with Crippen molar-refractivity contribution < 1.29 is 0 Å². The molecule has 0 aliphatic rings. The minimum Gasteiger partial charge on any atom is -0.351 e. The van der Waals surface area contributed by atoms with E-state index in [2.05, 4.69) is 20.2 Å². The van der Waals surface area contributed by atoms with E-state index in [9.17, 15) is 0 Å². The molecule has 0 aliphatic heterocycles. The summed E-state index contributed by atoms with van der Waals surface area (Å²) in [6, 6.07) is 7.86. The summed E-state index contributed by atoms with van der Waals surface area (Å²) in [5.41, 5.74) is 4.01. The number of guanidine groups is 1. The third-order valence-corrected chi connectivity index (χ3v) is 4.49. The molecular formula is C15H20ClIN4S. The van der Waals surface area contributed by atoms with Gasteiger partial charge in [0.15, 0.2) is 5.96 Å². The molecule has 0 saturated heterocycles. The average molecular weight is 451 g/mol. The highest BCUT2D eigenvalue weighted by Crippen LogP contribution is 2.16. The Morgan fingerprint density at radius 2 is 2.14 bits per heavy atom. The number of hydrogen-bond acceptors (Lipinski definition) is 3. The maximum atomic E-state index is 6.20. The Balaban J connectivity index is 0.00000242. The van der Waals surface area contributed by atoms with Crippen LogP contribution in [0.5, 0.6) is 0 Å². The molecule has 0 atom stereocenters. The lowest BCUT2D eigenvalue weighted by Gasteiger charge is -2.22. The van der Waals surface area contributed by atoms with Crippen LogP contribution >= 0.6 is 46.9 Å². The molecule has 1 N–H and O–H groups in total. The molecule has 1 aromatic carbocycles. The first-order valence-electron chi connectivity index (χ1n) is 6.66. The fourth-order valence-electron chi connectivity index (χ4n) is 2.00. The summed E-state index contributed by atoms with van der Waals surface area (Å²) in [5, 5.41) is 4.13. The van der Waals surface area contributed by atoms with Crippen molar-refractivity contribution in [2.45, 2.75) is 20.0 Å². The van der Waals surface area contributed by atoms with Gasteiger partial charge in [-0.3, -0.25) is 4.99 Å². The zero-order valence-corrected chi connectivity index (χ0v) is 16.7. The molecule has 0 aliphatic carbocycles. The minimum absolute atomic E-state index is 0. The minimum atomic E-state index is 0. The summed E-state index contributed by atoms with van der Waals surface area (Å²) in [4.78, 5) is 11.8. The second-order valence-corrected chi connectivity index (χ2v) is 6.06. The van der Waals surface area contributed by atoms with E-state index in [1.807, 2.05) is 43.7 Å². The van der Waals surface area contributed by atoms with Crippen molar-refractivity contribution in [3.63, 3.8) is 0 Å². The Kier molecular flexibility index (Phi) is 8.13. The number of aryl methyl sites for hydroxylation is 1. The first-order chi connectivity index (χ1) is 10.1. The normalized spacial score (nSPS) is 11.0. The van der Waals surface area contributed by atoms with Crippen LogP contribution in [0.25, 0.3) is 0 Å². The van der Waals surface area contributed by atoms with Crippen LogP contribution in [0.2, 0.25) is 5.02 Å². The number of rotatable bonds is 4. The second-order valence-electron chi connectivity index (χ2n) is 4.71. The molecule has 1 aromatic heterocycles. The summed E-state index contributed by atoms with van der Waals surface area (Å²) in [6.07, 6.45) is 0. The Morgan fingerprint density at radius 3 is 2.73 bits per heavy atom. The molecule has 120 valence electrons. The van der Waals surface area contributed by atoms with Gasteiger partial charge in [0, 0.05) is 30.5 Å². The number of nitrogens with zero attached hydrogens (tertiary/aromatic N) is 3.